The predicted octanol–water partition coefficient (Wildman–Crippen LogP) is 2.15. The van der Waals surface area contributed by atoms with Gasteiger partial charge in [-0.1, -0.05) is 24.3 Å². The van der Waals surface area contributed by atoms with Gasteiger partial charge in [-0.25, -0.2) is 13.1 Å². The van der Waals surface area contributed by atoms with Crippen molar-refractivity contribution in [2.45, 2.75) is 17.4 Å². The molecular weight excluding hydrogens is 282 g/mol. The van der Waals surface area contributed by atoms with Crippen LogP contribution in [0.1, 0.15) is 17.4 Å². The van der Waals surface area contributed by atoms with Crippen LogP contribution >= 0.6 is 11.3 Å². The third kappa shape index (κ3) is 3.87. The first-order chi connectivity index (χ1) is 9.09. The lowest BCUT2D eigenvalue weighted by Gasteiger charge is -2.10. The molecule has 0 aliphatic carbocycles. The van der Waals surface area contributed by atoms with Gasteiger partial charge in [-0.05, 0) is 30.0 Å². The number of thiophene rings is 1. The van der Waals surface area contributed by atoms with E-state index in [2.05, 4.69) is 4.72 Å². The molecule has 0 radical (unpaired) electrons. The van der Waals surface area contributed by atoms with Gasteiger partial charge in [0, 0.05) is 11.4 Å². The number of aliphatic hydroxyl groups is 1. The molecule has 19 heavy (non-hydrogen) atoms. The smallest absolute Gasteiger partial charge is 0.240 e. The maximum Gasteiger partial charge on any atom is 0.240 e. The van der Waals surface area contributed by atoms with E-state index in [1.54, 1.807) is 18.2 Å². The fourth-order valence-electron chi connectivity index (χ4n) is 1.64. The molecule has 0 spiro atoms. The fourth-order valence-corrected chi connectivity index (χ4v) is 3.45. The van der Waals surface area contributed by atoms with Gasteiger partial charge in [0.1, 0.15) is 0 Å². The highest BCUT2D eigenvalue weighted by molar-refractivity contribution is 7.89. The van der Waals surface area contributed by atoms with Crippen molar-refractivity contribution in [1.29, 1.82) is 0 Å². The van der Waals surface area contributed by atoms with E-state index in [1.807, 2.05) is 17.5 Å². The predicted molar refractivity (Wildman–Crippen MR) is 75.5 cm³/mol. The first-order valence-electron chi connectivity index (χ1n) is 5.86. The van der Waals surface area contributed by atoms with E-state index in [1.165, 1.54) is 23.5 Å². The van der Waals surface area contributed by atoms with E-state index >= 15 is 0 Å². The van der Waals surface area contributed by atoms with Crippen molar-refractivity contribution >= 4 is 21.4 Å². The minimum absolute atomic E-state index is 0.205. The molecule has 1 atom stereocenters. The van der Waals surface area contributed by atoms with Gasteiger partial charge in [0.15, 0.2) is 0 Å². The molecule has 0 fully saturated rings. The van der Waals surface area contributed by atoms with Crippen molar-refractivity contribution in [2.75, 3.05) is 6.54 Å². The number of hydrogen-bond donors (Lipinski definition) is 2. The topological polar surface area (TPSA) is 66.4 Å². The van der Waals surface area contributed by atoms with Gasteiger partial charge in [-0.2, -0.15) is 0 Å². The van der Waals surface area contributed by atoms with Crippen molar-refractivity contribution < 1.29 is 13.5 Å². The molecule has 0 aliphatic rings. The van der Waals surface area contributed by atoms with Crippen LogP contribution in [-0.2, 0) is 10.0 Å². The molecule has 1 aromatic heterocycles. The Morgan fingerprint density at radius 3 is 2.53 bits per heavy atom. The zero-order valence-electron chi connectivity index (χ0n) is 10.2. The molecule has 2 N–H and O–H groups in total. The Labute approximate surface area is 116 Å². The monoisotopic (exact) mass is 297 g/mol. The number of aliphatic hydroxyl groups excluding tert-OH is 1. The van der Waals surface area contributed by atoms with Crippen LogP contribution in [0.2, 0.25) is 0 Å². The van der Waals surface area contributed by atoms with Gasteiger partial charge < -0.3 is 5.11 Å². The van der Waals surface area contributed by atoms with Gasteiger partial charge in [-0.15, -0.1) is 11.3 Å². The van der Waals surface area contributed by atoms with Crippen LogP contribution in [0.15, 0.2) is 52.7 Å². The summed E-state index contributed by atoms with van der Waals surface area (Å²) >= 11 is 1.46. The lowest BCUT2D eigenvalue weighted by atomic mass is 10.2. The van der Waals surface area contributed by atoms with Crippen molar-refractivity contribution in [3.63, 3.8) is 0 Å². The molecule has 0 amide bonds. The third-order valence-electron chi connectivity index (χ3n) is 2.63. The molecule has 6 heteroatoms. The van der Waals surface area contributed by atoms with Crippen LogP contribution in [0.5, 0.6) is 0 Å². The summed E-state index contributed by atoms with van der Waals surface area (Å²) in [5.41, 5.74) is 0. The van der Waals surface area contributed by atoms with Gasteiger partial charge >= 0.3 is 0 Å². The van der Waals surface area contributed by atoms with Crippen molar-refractivity contribution in [2.24, 2.45) is 0 Å². The molecule has 1 aromatic carbocycles. The summed E-state index contributed by atoms with van der Waals surface area (Å²) in [4.78, 5) is 1.08. The van der Waals surface area contributed by atoms with Gasteiger partial charge in [0.25, 0.3) is 0 Å². The molecule has 2 aromatic rings. The molecule has 2 rings (SSSR count). The van der Waals surface area contributed by atoms with Gasteiger partial charge in [0.2, 0.25) is 10.0 Å². The maximum atomic E-state index is 11.9. The Kier molecular flexibility index (Phi) is 4.71. The Balaban J connectivity index is 1.89. The van der Waals surface area contributed by atoms with Crippen LogP contribution in [0.25, 0.3) is 0 Å². The standard InChI is InChI=1S/C13H15NO3S2/c15-12(13-7-4-10-18-13)8-9-14-19(16,17)11-5-2-1-3-6-11/h1-7,10,12,14-15H,8-9H2. The van der Waals surface area contributed by atoms with Crippen LogP contribution in [0.3, 0.4) is 0 Å². The largest absolute Gasteiger partial charge is 0.388 e. The summed E-state index contributed by atoms with van der Waals surface area (Å²) in [6.07, 6.45) is -0.273. The molecule has 0 bridgehead atoms. The van der Waals surface area contributed by atoms with Crippen molar-refractivity contribution in [1.82, 2.24) is 4.72 Å². The SMILES string of the molecule is O=S(=O)(NCCC(O)c1cccs1)c1ccccc1. The van der Waals surface area contributed by atoms with E-state index < -0.39 is 16.1 Å². The van der Waals surface area contributed by atoms with Crippen molar-refractivity contribution in [3.8, 4) is 0 Å². The number of benzene rings is 1. The second-order valence-electron chi connectivity index (χ2n) is 4.03. The summed E-state index contributed by atoms with van der Waals surface area (Å²) < 4.78 is 26.3. The Bertz CT molecular complexity index is 594. The quantitative estimate of drug-likeness (QED) is 0.858. The summed E-state index contributed by atoms with van der Waals surface area (Å²) in [5.74, 6) is 0. The van der Waals surface area contributed by atoms with E-state index in [-0.39, 0.29) is 11.4 Å². The van der Waals surface area contributed by atoms with Crippen molar-refractivity contribution in [3.05, 3.63) is 52.7 Å². The summed E-state index contributed by atoms with van der Waals surface area (Å²) in [6.45, 7) is 0.205. The minimum Gasteiger partial charge on any atom is -0.388 e. The van der Waals surface area contributed by atoms with Crippen LogP contribution in [0, 0.1) is 0 Å². The first kappa shape index (κ1) is 14.2. The van der Waals surface area contributed by atoms with E-state index in [0.29, 0.717) is 6.42 Å². The molecule has 0 aliphatic heterocycles. The molecule has 0 saturated heterocycles. The number of nitrogens with one attached hydrogen (secondary N) is 1. The minimum atomic E-state index is -3.48. The molecule has 102 valence electrons. The second kappa shape index (κ2) is 6.29. The summed E-state index contributed by atoms with van der Waals surface area (Å²) in [7, 11) is -3.48. The van der Waals surface area contributed by atoms with Crippen LogP contribution in [-0.4, -0.2) is 20.1 Å². The van der Waals surface area contributed by atoms with E-state index in [0.717, 1.165) is 4.88 Å². The highest BCUT2D eigenvalue weighted by Crippen LogP contribution is 2.21. The number of hydrogen-bond acceptors (Lipinski definition) is 4. The normalized spacial score (nSPS) is 13.3. The van der Waals surface area contributed by atoms with E-state index in [4.69, 9.17) is 0 Å². The zero-order valence-corrected chi connectivity index (χ0v) is 11.8. The summed E-state index contributed by atoms with van der Waals surface area (Å²) in [6, 6.07) is 11.9. The molecule has 1 unspecified atom stereocenters. The number of sulfonamides is 1. The summed E-state index contributed by atoms with van der Waals surface area (Å²) in [5, 5.41) is 11.7. The molecular formula is C13H15NO3S2. The Morgan fingerprint density at radius 2 is 1.89 bits per heavy atom. The van der Waals surface area contributed by atoms with E-state index in [9.17, 15) is 13.5 Å². The zero-order chi connectivity index (χ0) is 13.7. The molecule has 0 saturated carbocycles. The average molecular weight is 297 g/mol. The van der Waals surface area contributed by atoms with Gasteiger partial charge in [-0.3, -0.25) is 0 Å². The third-order valence-corrected chi connectivity index (χ3v) is 5.09. The van der Waals surface area contributed by atoms with Crippen LogP contribution < -0.4 is 4.72 Å². The second-order valence-corrected chi connectivity index (χ2v) is 6.78. The van der Waals surface area contributed by atoms with Crippen LogP contribution in [0.4, 0.5) is 0 Å². The highest BCUT2D eigenvalue weighted by Gasteiger charge is 2.14. The molecule has 4 nitrogen and oxygen atoms in total. The van der Waals surface area contributed by atoms with Gasteiger partial charge in [0.05, 0.1) is 11.0 Å². The fraction of sp³-hybridized carbons (Fsp3) is 0.231. The highest BCUT2D eigenvalue weighted by atomic mass is 32.2. The Hall–Kier alpha value is -1.21. The number of rotatable bonds is 6. The lowest BCUT2D eigenvalue weighted by molar-refractivity contribution is 0.173. The maximum absolute atomic E-state index is 11.9. The first-order valence-corrected chi connectivity index (χ1v) is 8.22. The average Bonchev–Trinajstić information content (AvgIpc) is 2.93. The Morgan fingerprint density at radius 1 is 1.16 bits per heavy atom. The lowest BCUT2D eigenvalue weighted by Crippen LogP contribution is -2.25. The molecule has 1 heterocycles.